The highest BCUT2D eigenvalue weighted by Crippen LogP contribution is 2.32. The molecule has 184 valence electrons. The molecule has 4 rings (SSSR count). The summed E-state index contributed by atoms with van der Waals surface area (Å²) >= 11 is 1.54. The minimum absolute atomic E-state index is 0.309. The zero-order valence-corrected chi connectivity index (χ0v) is 21.1. The summed E-state index contributed by atoms with van der Waals surface area (Å²) in [5.74, 6) is 0.226. The van der Waals surface area contributed by atoms with Crippen molar-refractivity contribution in [2.45, 2.75) is 44.6 Å². The summed E-state index contributed by atoms with van der Waals surface area (Å²) < 4.78 is 2.86. The van der Waals surface area contributed by atoms with E-state index in [4.69, 9.17) is 11.5 Å². The minimum Gasteiger partial charge on any atom is -0.368 e. The van der Waals surface area contributed by atoms with Gasteiger partial charge in [-0.05, 0) is 43.2 Å². The van der Waals surface area contributed by atoms with Crippen molar-refractivity contribution in [2.24, 2.45) is 11.5 Å². The third kappa shape index (κ3) is 4.55. The number of amides is 2. The summed E-state index contributed by atoms with van der Waals surface area (Å²) in [5.41, 5.74) is 13.8. The molecule has 0 unspecified atom stereocenters. The van der Waals surface area contributed by atoms with E-state index in [0.717, 1.165) is 10.5 Å². The molecule has 0 fully saturated rings. The van der Waals surface area contributed by atoms with Crippen LogP contribution in [0.15, 0.2) is 39.5 Å². The maximum atomic E-state index is 13.7. The first-order chi connectivity index (χ1) is 16.6. The van der Waals surface area contributed by atoms with E-state index >= 15 is 0 Å². The minimum atomic E-state index is -0.646. The highest BCUT2D eigenvalue weighted by molar-refractivity contribution is 7.98. The van der Waals surface area contributed by atoms with Gasteiger partial charge in [0.05, 0.1) is 5.69 Å². The molecular formula is C24H29N7O3S. The number of carbonyl (C=O) groups excluding carboxylic acids is 2. The molecule has 2 aromatic heterocycles. The summed E-state index contributed by atoms with van der Waals surface area (Å²) in [6.45, 7) is 6.55. The average molecular weight is 496 g/mol. The van der Waals surface area contributed by atoms with Gasteiger partial charge in [0.2, 0.25) is 11.8 Å². The number of thioether (sulfide) groups is 1. The Hall–Kier alpha value is -3.60. The summed E-state index contributed by atoms with van der Waals surface area (Å²) in [5, 5.41) is 0. The fourth-order valence-corrected chi connectivity index (χ4v) is 4.93. The molecule has 0 saturated heterocycles. The second-order valence-corrected chi connectivity index (χ2v) is 9.66. The van der Waals surface area contributed by atoms with Crippen LogP contribution >= 0.6 is 11.8 Å². The van der Waals surface area contributed by atoms with Gasteiger partial charge in [0.25, 0.3) is 0 Å². The standard InChI is InChI=1S/C24H29N7O3S/c1-13(2)16-5-6-17(18(11-16)35-4)31-23-20(30(24(31)34)12-19(25)32)22(27-14(3)28-23)29-9-7-15(8-10-29)21(26)33/h5-7,11,13H,8-10,12H2,1-4H3,(H2,25,32)(H2,26,33). The van der Waals surface area contributed by atoms with Crippen molar-refractivity contribution >= 4 is 40.6 Å². The molecule has 4 N–H and O–H groups in total. The number of nitrogens with zero attached hydrogens (tertiary/aromatic N) is 5. The summed E-state index contributed by atoms with van der Waals surface area (Å²) in [7, 11) is 0. The molecule has 0 atom stereocenters. The fourth-order valence-electron chi connectivity index (χ4n) is 4.31. The van der Waals surface area contributed by atoms with Crippen molar-refractivity contribution in [3.05, 3.63) is 51.7 Å². The second-order valence-electron chi connectivity index (χ2n) is 8.81. The number of imidazole rings is 1. The summed E-state index contributed by atoms with van der Waals surface area (Å²) in [6, 6.07) is 5.99. The van der Waals surface area contributed by atoms with Gasteiger partial charge in [-0.2, -0.15) is 0 Å². The molecular weight excluding hydrogens is 466 g/mol. The first kappa shape index (κ1) is 24.5. The summed E-state index contributed by atoms with van der Waals surface area (Å²) in [4.78, 5) is 49.4. The Morgan fingerprint density at radius 3 is 2.51 bits per heavy atom. The fraction of sp³-hybridized carbons (Fsp3) is 0.375. The van der Waals surface area contributed by atoms with Crippen LogP contribution in [0.3, 0.4) is 0 Å². The van der Waals surface area contributed by atoms with Crippen LogP contribution in [0.1, 0.15) is 37.6 Å². The molecule has 2 amide bonds. The van der Waals surface area contributed by atoms with Gasteiger partial charge in [0.15, 0.2) is 11.5 Å². The van der Waals surface area contributed by atoms with Crippen LogP contribution in [-0.4, -0.2) is 50.3 Å². The number of aryl methyl sites for hydroxylation is 1. The zero-order chi connectivity index (χ0) is 25.4. The topological polar surface area (TPSA) is 142 Å². The van der Waals surface area contributed by atoms with E-state index < -0.39 is 17.5 Å². The molecule has 1 aliphatic rings. The predicted molar refractivity (Wildman–Crippen MR) is 137 cm³/mol. The Balaban J connectivity index is 2.00. The number of nitrogens with two attached hydrogens (primary N) is 2. The lowest BCUT2D eigenvalue weighted by molar-refractivity contribution is -0.118. The Kier molecular flexibility index (Phi) is 6.70. The van der Waals surface area contributed by atoms with Gasteiger partial charge in [0, 0.05) is 23.6 Å². The van der Waals surface area contributed by atoms with Crippen LogP contribution in [0.2, 0.25) is 0 Å². The van der Waals surface area contributed by atoms with E-state index in [0.29, 0.717) is 59.5 Å². The van der Waals surface area contributed by atoms with Gasteiger partial charge in [-0.1, -0.05) is 26.0 Å². The lowest BCUT2D eigenvalue weighted by Crippen LogP contribution is -2.33. The number of benzene rings is 1. The monoisotopic (exact) mass is 495 g/mol. The van der Waals surface area contributed by atoms with Gasteiger partial charge < -0.3 is 16.4 Å². The Morgan fingerprint density at radius 2 is 1.94 bits per heavy atom. The van der Waals surface area contributed by atoms with Crippen LogP contribution in [0.5, 0.6) is 0 Å². The quantitative estimate of drug-likeness (QED) is 0.476. The smallest absolute Gasteiger partial charge is 0.335 e. The van der Waals surface area contributed by atoms with Crippen LogP contribution in [0.25, 0.3) is 16.9 Å². The number of rotatable bonds is 7. The predicted octanol–water partition coefficient (Wildman–Crippen LogP) is 1.84. The third-order valence-electron chi connectivity index (χ3n) is 6.11. The molecule has 11 heteroatoms. The van der Waals surface area contributed by atoms with Crippen LogP contribution in [0.4, 0.5) is 5.82 Å². The van der Waals surface area contributed by atoms with Crippen molar-refractivity contribution in [1.82, 2.24) is 19.1 Å². The van der Waals surface area contributed by atoms with E-state index in [9.17, 15) is 14.4 Å². The number of anilines is 1. The average Bonchev–Trinajstić information content (AvgIpc) is 3.08. The molecule has 0 aliphatic carbocycles. The summed E-state index contributed by atoms with van der Waals surface area (Å²) in [6.07, 6.45) is 4.17. The van der Waals surface area contributed by atoms with Crippen molar-refractivity contribution in [2.75, 3.05) is 24.2 Å². The maximum absolute atomic E-state index is 13.7. The van der Waals surface area contributed by atoms with Gasteiger partial charge in [-0.15, -0.1) is 11.8 Å². The van der Waals surface area contributed by atoms with Gasteiger partial charge in [-0.3, -0.25) is 14.2 Å². The normalized spacial score (nSPS) is 14.0. The highest BCUT2D eigenvalue weighted by Gasteiger charge is 2.27. The molecule has 0 saturated carbocycles. The number of fused-ring (bicyclic) bond motifs is 1. The lowest BCUT2D eigenvalue weighted by atomic mass is 10.0. The molecule has 0 spiro atoms. The molecule has 1 aliphatic heterocycles. The first-order valence-electron chi connectivity index (χ1n) is 11.3. The molecule has 10 nitrogen and oxygen atoms in total. The van der Waals surface area contributed by atoms with Crippen molar-refractivity contribution in [3.8, 4) is 5.69 Å². The molecule has 0 bridgehead atoms. The van der Waals surface area contributed by atoms with Crippen molar-refractivity contribution in [3.63, 3.8) is 0 Å². The van der Waals surface area contributed by atoms with Crippen molar-refractivity contribution < 1.29 is 9.59 Å². The SMILES string of the molecule is CSc1cc(C(C)C)ccc1-n1c(=O)n(CC(N)=O)c2c(N3CC=C(C(N)=O)CC3)nc(C)nc21. The van der Waals surface area contributed by atoms with E-state index in [1.165, 1.54) is 20.9 Å². The molecule has 3 heterocycles. The van der Waals surface area contributed by atoms with E-state index in [1.807, 2.05) is 23.3 Å². The second kappa shape index (κ2) is 9.57. The molecule has 0 radical (unpaired) electrons. The first-order valence-corrected chi connectivity index (χ1v) is 12.5. The Morgan fingerprint density at radius 1 is 1.20 bits per heavy atom. The lowest BCUT2D eigenvalue weighted by Gasteiger charge is -2.27. The Labute approximate surface area is 207 Å². The largest absolute Gasteiger partial charge is 0.368 e. The third-order valence-corrected chi connectivity index (χ3v) is 6.88. The molecule has 3 aromatic rings. The van der Waals surface area contributed by atoms with Crippen LogP contribution < -0.4 is 22.1 Å². The van der Waals surface area contributed by atoms with Crippen molar-refractivity contribution in [1.29, 1.82) is 0 Å². The van der Waals surface area contributed by atoms with E-state index in [2.05, 4.69) is 29.9 Å². The van der Waals surface area contributed by atoms with Crippen LogP contribution in [-0.2, 0) is 16.1 Å². The highest BCUT2D eigenvalue weighted by atomic mass is 32.2. The van der Waals surface area contributed by atoms with Crippen LogP contribution in [0, 0.1) is 6.92 Å². The van der Waals surface area contributed by atoms with Gasteiger partial charge in [-0.25, -0.2) is 19.3 Å². The number of aromatic nitrogens is 4. The number of carbonyl (C=O) groups is 2. The van der Waals surface area contributed by atoms with E-state index in [1.54, 1.807) is 13.0 Å². The number of primary amides is 2. The zero-order valence-electron chi connectivity index (χ0n) is 20.2. The van der Waals surface area contributed by atoms with Gasteiger partial charge >= 0.3 is 5.69 Å². The van der Waals surface area contributed by atoms with Gasteiger partial charge in [0.1, 0.15) is 17.9 Å². The number of hydrogen-bond donors (Lipinski definition) is 2. The van der Waals surface area contributed by atoms with E-state index in [-0.39, 0.29) is 6.54 Å². The Bertz CT molecular complexity index is 1420. The molecule has 35 heavy (non-hydrogen) atoms. The number of hydrogen-bond acceptors (Lipinski definition) is 7. The molecule has 1 aromatic carbocycles. The maximum Gasteiger partial charge on any atom is 0.335 e.